The minimum absolute atomic E-state index is 0.205. The SMILES string of the molecule is C=CC1=C(/C=C\C)C=CC(C)(NCCCNCC)C=N1. The normalized spacial score (nSPS) is 22.6. The van der Waals surface area contributed by atoms with Crippen LogP contribution in [0.2, 0.25) is 0 Å². The fourth-order valence-electron chi connectivity index (χ4n) is 2.01. The molecule has 3 heteroatoms. The molecule has 1 unspecified atom stereocenters. The summed E-state index contributed by atoms with van der Waals surface area (Å²) in [4.78, 5) is 4.55. The summed E-state index contributed by atoms with van der Waals surface area (Å²) in [6.07, 6.45) is 13.2. The second kappa shape index (κ2) is 8.67. The van der Waals surface area contributed by atoms with Crippen LogP contribution in [0.1, 0.15) is 27.2 Å². The lowest BCUT2D eigenvalue weighted by atomic mass is 10.0. The van der Waals surface area contributed by atoms with Gasteiger partial charge in [-0.3, -0.25) is 4.99 Å². The van der Waals surface area contributed by atoms with Gasteiger partial charge in [-0.15, -0.1) is 0 Å². The Hall–Kier alpha value is -1.45. The Morgan fingerprint density at radius 2 is 2.20 bits per heavy atom. The first-order valence-corrected chi connectivity index (χ1v) is 7.35. The number of allylic oxidation sites excluding steroid dienone is 5. The van der Waals surface area contributed by atoms with E-state index in [0.717, 1.165) is 37.3 Å². The van der Waals surface area contributed by atoms with Gasteiger partial charge in [0.2, 0.25) is 0 Å². The Balaban J connectivity index is 2.66. The number of aliphatic imine (C=N–C) groups is 1. The van der Waals surface area contributed by atoms with Crippen molar-refractivity contribution in [3.05, 3.63) is 48.2 Å². The standard InChI is InChI=1S/C17H27N3/c1-5-9-15-10-11-17(4,14-19-16(15)6-2)20-13-8-12-18-7-3/h5-6,9-11,14,18,20H,2,7-8,12-13H2,1,3-4H3/b9-5-. The largest absolute Gasteiger partial charge is 0.317 e. The van der Waals surface area contributed by atoms with E-state index in [2.05, 4.69) is 54.3 Å². The zero-order valence-electron chi connectivity index (χ0n) is 12.9. The molecule has 3 nitrogen and oxygen atoms in total. The van der Waals surface area contributed by atoms with Gasteiger partial charge in [0.1, 0.15) is 0 Å². The highest BCUT2D eigenvalue weighted by Gasteiger charge is 2.19. The Kier molecular flexibility index (Phi) is 7.20. The second-order valence-corrected chi connectivity index (χ2v) is 5.05. The van der Waals surface area contributed by atoms with Crippen LogP contribution in [-0.4, -0.2) is 31.4 Å². The van der Waals surface area contributed by atoms with E-state index in [-0.39, 0.29) is 5.54 Å². The summed E-state index contributed by atoms with van der Waals surface area (Å²) in [5, 5.41) is 6.87. The van der Waals surface area contributed by atoms with Gasteiger partial charge >= 0.3 is 0 Å². The topological polar surface area (TPSA) is 36.4 Å². The van der Waals surface area contributed by atoms with E-state index in [0.29, 0.717) is 0 Å². The lowest BCUT2D eigenvalue weighted by molar-refractivity contribution is 0.533. The van der Waals surface area contributed by atoms with Crippen LogP contribution in [0.15, 0.2) is 53.2 Å². The van der Waals surface area contributed by atoms with Gasteiger partial charge in [0.15, 0.2) is 0 Å². The van der Waals surface area contributed by atoms with Crippen LogP contribution in [0, 0.1) is 0 Å². The van der Waals surface area contributed by atoms with Crippen LogP contribution in [-0.2, 0) is 0 Å². The molecule has 0 radical (unpaired) electrons. The third-order valence-corrected chi connectivity index (χ3v) is 3.20. The summed E-state index contributed by atoms with van der Waals surface area (Å²) >= 11 is 0. The second-order valence-electron chi connectivity index (χ2n) is 5.05. The molecule has 0 aromatic heterocycles. The molecule has 1 aliphatic rings. The van der Waals surface area contributed by atoms with Crippen LogP contribution in [0.4, 0.5) is 0 Å². The Labute approximate surface area is 123 Å². The quantitative estimate of drug-likeness (QED) is 0.667. The molecule has 0 spiro atoms. The van der Waals surface area contributed by atoms with Crippen LogP contribution in [0.3, 0.4) is 0 Å². The lowest BCUT2D eigenvalue weighted by Gasteiger charge is -2.22. The van der Waals surface area contributed by atoms with Crippen molar-refractivity contribution in [1.82, 2.24) is 10.6 Å². The number of hydrogen-bond donors (Lipinski definition) is 2. The molecule has 20 heavy (non-hydrogen) atoms. The van der Waals surface area contributed by atoms with Crippen molar-refractivity contribution < 1.29 is 0 Å². The van der Waals surface area contributed by atoms with Crippen LogP contribution >= 0.6 is 0 Å². The van der Waals surface area contributed by atoms with E-state index in [9.17, 15) is 0 Å². The predicted octanol–water partition coefficient (Wildman–Crippen LogP) is 2.99. The maximum Gasteiger partial charge on any atom is 0.0698 e. The highest BCUT2D eigenvalue weighted by molar-refractivity contribution is 5.76. The molecule has 0 aromatic carbocycles. The zero-order valence-corrected chi connectivity index (χ0v) is 12.9. The summed E-state index contributed by atoms with van der Waals surface area (Å²) in [5.41, 5.74) is 1.80. The maximum absolute atomic E-state index is 4.55. The summed E-state index contributed by atoms with van der Waals surface area (Å²) in [6.45, 7) is 13.1. The van der Waals surface area contributed by atoms with Crippen LogP contribution in [0.25, 0.3) is 0 Å². The average molecular weight is 273 g/mol. The van der Waals surface area contributed by atoms with E-state index in [1.54, 1.807) is 6.08 Å². The molecule has 0 bridgehead atoms. The van der Waals surface area contributed by atoms with E-state index >= 15 is 0 Å². The minimum Gasteiger partial charge on any atom is -0.317 e. The van der Waals surface area contributed by atoms with Crippen LogP contribution < -0.4 is 10.6 Å². The van der Waals surface area contributed by atoms with Gasteiger partial charge in [-0.05, 0) is 51.6 Å². The number of nitrogens with zero attached hydrogens (tertiary/aromatic N) is 1. The molecular formula is C17H27N3. The maximum atomic E-state index is 4.55. The van der Waals surface area contributed by atoms with Crippen molar-refractivity contribution in [1.29, 1.82) is 0 Å². The Morgan fingerprint density at radius 1 is 1.40 bits per heavy atom. The van der Waals surface area contributed by atoms with Crippen molar-refractivity contribution in [3.63, 3.8) is 0 Å². The summed E-state index contributed by atoms with van der Waals surface area (Å²) in [6, 6.07) is 0. The zero-order chi connectivity index (χ0) is 14.8. The average Bonchev–Trinajstić information content (AvgIpc) is 2.60. The van der Waals surface area contributed by atoms with Crippen molar-refractivity contribution in [2.75, 3.05) is 19.6 Å². The first-order valence-electron chi connectivity index (χ1n) is 7.35. The van der Waals surface area contributed by atoms with Crippen molar-refractivity contribution >= 4 is 6.21 Å². The Bertz CT molecular complexity index is 430. The van der Waals surface area contributed by atoms with Gasteiger partial charge in [0.05, 0.1) is 11.2 Å². The highest BCUT2D eigenvalue weighted by Crippen LogP contribution is 2.18. The fourth-order valence-corrected chi connectivity index (χ4v) is 2.01. The number of rotatable bonds is 8. The molecule has 110 valence electrons. The minimum atomic E-state index is -0.205. The van der Waals surface area contributed by atoms with Crippen molar-refractivity contribution in [2.24, 2.45) is 4.99 Å². The van der Waals surface area contributed by atoms with Crippen molar-refractivity contribution in [3.8, 4) is 0 Å². The summed E-state index contributed by atoms with van der Waals surface area (Å²) in [5.74, 6) is 0. The predicted molar refractivity (Wildman–Crippen MR) is 89.2 cm³/mol. The number of nitrogens with one attached hydrogen (secondary N) is 2. The van der Waals surface area contributed by atoms with Gasteiger partial charge in [0, 0.05) is 6.21 Å². The molecule has 2 N–H and O–H groups in total. The van der Waals surface area contributed by atoms with E-state index in [1.165, 1.54) is 0 Å². The molecule has 0 saturated carbocycles. The monoisotopic (exact) mass is 273 g/mol. The van der Waals surface area contributed by atoms with Crippen LogP contribution in [0.5, 0.6) is 0 Å². The molecule has 0 fully saturated rings. The summed E-state index contributed by atoms with van der Waals surface area (Å²) in [7, 11) is 0. The smallest absolute Gasteiger partial charge is 0.0698 e. The molecule has 1 atom stereocenters. The Morgan fingerprint density at radius 3 is 2.85 bits per heavy atom. The van der Waals surface area contributed by atoms with E-state index in [4.69, 9.17) is 0 Å². The lowest BCUT2D eigenvalue weighted by Crippen LogP contribution is -2.43. The third kappa shape index (κ3) is 5.27. The molecule has 1 rings (SSSR count). The van der Waals surface area contributed by atoms with Gasteiger partial charge in [-0.25, -0.2) is 0 Å². The van der Waals surface area contributed by atoms with Gasteiger partial charge in [-0.1, -0.05) is 37.8 Å². The van der Waals surface area contributed by atoms with E-state index in [1.807, 2.05) is 19.2 Å². The van der Waals surface area contributed by atoms with Gasteiger partial charge in [-0.2, -0.15) is 0 Å². The van der Waals surface area contributed by atoms with Gasteiger partial charge in [0.25, 0.3) is 0 Å². The molecule has 0 aliphatic carbocycles. The molecule has 0 aromatic rings. The number of hydrogen-bond acceptors (Lipinski definition) is 3. The summed E-state index contributed by atoms with van der Waals surface area (Å²) < 4.78 is 0. The molecule has 0 saturated heterocycles. The molecule has 1 aliphatic heterocycles. The first kappa shape index (κ1) is 16.6. The molecule has 0 amide bonds. The van der Waals surface area contributed by atoms with E-state index < -0.39 is 0 Å². The first-order chi connectivity index (χ1) is 9.65. The molecule has 1 heterocycles. The van der Waals surface area contributed by atoms with Gasteiger partial charge < -0.3 is 10.6 Å². The van der Waals surface area contributed by atoms with Crippen molar-refractivity contribution in [2.45, 2.75) is 32.7 Å². The fraction of sp³-hybridized carbons (Fsp3) is 0.471. The highest BCUT2D eigenvalue weighted by atomic mass is 15.0. The third-order valence-electron chi connectivity index (χ3n) is 3.20. The molecular weight excluding hydrogens is 246 g/mol.